The lowest BCUT2D eigenvalue weighted by Gasteiger charge is -2.09. The minimum atomic E-state index is 1.15. The third-order valence-corrected chi connectivity index (χ3v) is 4.92. The average Bonchev–Trinajstić information content (AvgIpc) is 3.02. The smallest absolute Gasteiger partial charge is 0.0541 e. The third-order valence-electron chi connectivity index (χ3n) is 4.92. The van der Waals surface area contributed by atoms with Gasteiger partial charge in [-0.3, -0.25) is 0 Å². The summed E-state index contributed by atoms with van der Waals surface area (Å²) < 4.78 is 2.35. The molecule has 4 aromatic carbocycles. The number of para-hydroxylation sites is 2. The van der Waals surface area contributed by atoms with Gasteiger partial charge >= 0.3 is 0 Å². The van der Waals surface area contributed by atoms with E-state index >= 15 is 0 Å². The van der Waals surface area contributed by atoms with Crippen LogP contribution < -0.4 is 0 Å². The van der Waals surface area contributed by atoms with Gasteiger partial charge < -0.3 is 4.57 Å². The van der Waals surface area contributed by atoms with Crippen molar-refractivity contribution < 1.29 is 0 Å². The molecule has 0 spiro atoms. The van der Waals surface area contributed by atoms with E-state index in [1.165, 1.54) is 38.3 Å². The van der Waals surface area contributed by atoms with Gasteiger partial charge in [0, 0.05) is 16.5 Å². The summed E-state index contributed by atoms with van der Waals surface area (Å²) in [6, 6.07) is 30.3. The molecule has 1 aromatic heterocycles. The standard InChI is InChI=1S/C24H17N/c1-2-17-11-12-19-16-20(14-13-18(19)15-17)25-23-9-5-3-7-21(23)22-8-4-6-10-24(22)25/h2-16H,1H2. The highest BCUT2D eigenvalue weighted by Gasteiger charge is 2.11. The van der Waals surface area contributed by atoms with E-state index in [0.29, 0.717) is 0 Å². The van der Waals surface area contributed by atoms with Crippen LogP contribution in [0.25, 0.3) is 44.3 Å². The molecule has 5 rings (SSSR count). The van der Waals surface area contributed by atoms with Gasteiger partial charge in [0.2, 0.25) is 0 Å². The Balaban J connectivity index is 1.85. The number of hydrogen-bond acceptors (Lipinski definition) is 0. The molecule has 1 nitrogen and oxygen atoms in total. The summed E-state index contributed by atoms with van der Waals surface area (Å²) in [6.45, 7) is 3.86. The van der Waals surface area contributed by atoms with Crippen molar-refractivity contribution in [2.45, 2.75) is 0 Å². The minimum absolute atomic E-state index is 1.15. The zero-order valence-corrected chi connectivity index (χ0v) is 13.8. The highest BCUT2D eigenvalue weighted by molar-refractivity contribution is 6.09. The Bertz CT molecular complexity index is 1200. The number of benzene rings is 4. The molecule has 0 aliphatic heterocycles. The van der Waals surface area contributed by atoms with Gasteiger partial charge in [0.1, 0.15) is 0 Å². The second kappa shape index (κ2) is 5.35. The normalized spacial score (nSPS) is 11.4. The number of nitrogens with zero attached hydrogens (tertiary/aromatic N) is 1. The van der Waals surface area contributed by atoms with Crippen molar-refractivity contribution in [2.75, 3.05) is 0 Å². The van der Waals surface area contributed by atoms with Gasteiger partial charge in [0.05, 0.1) is 11.0 Å². The molecule has 118 valence electrons. The fraction of sp³-hybridized carbons (Fsp3) is 0. The molecule has 0 saturated heterocycles. The third kappa shape index (κ3) is 2.10. The van der Waals surface area contributed by atoms with Crippen LogP contribution in [0.3, 0.4) is 0 Å². The molecule has 0 atom stereocenters. The van der Waals surface area contributed by atoms with Gasteiger partial charge in [0.15, 0.2) is 0 Å². The molecule has 0 unspecified atom stereocenters. The first-order chi connectivity index (χ1) is 12.3. The molecule has 0 aliphatic rings. The van der Waals surface area contributed by atoms with E-state index in [0.717, 1.165) is 5.56 Å². The van der Waals surface area contributed by atoms with Crippen molar-refractivity contribution >= 4 is 38.7 Å². The van der Waals surface area contributed by atoms with Gasteiger partial charge in [-0.15, -0.1) is 0 Å². The van der Waals surface area contributed by atoms with Crippen molar-refractivity contribution in [1.82, 2.24) is 4.57 Å². The molecular weight excluding hydrogens is 302 g/mol. The van der Waals surface area contributed by atoms with Crippen LogP contribution in [0.15, 0.2) is 91.5 Å². The van der Waals surface area contributed by atoms with Crippen LogP contribution in [0.1, 0.15) is 5.56 Å². The Morgan fingerprint density at radius 2 is 1.24 bits per heavy atom. The van der Waals surface area contributed by atoms with Crippen LogP contribution >= 0.6 is 0 Å². The molecule has 0 amide bonds. The summed E-state index contributed by atoms with van der Waals surface area (Å²) in [6.07, 6.45) is 1.89. The first-order valence-corrected chi connectivity index (χ1v) is 8.50. The molecule has 25 heavy (non-hydrogen) atoms. The molecule has 5 aromatic rings. The summed E-state index contributed by atoms with van der Waals surface area (Å²) in [5, 5.41) is 5.06. The Morgan fingerprint density at radius 3 is 1.92 bits per heavy atom. The summed E-state index contributed by atoms with van der Waals surface area (Å²) in [7, 11) is 0. The van der Waals surface area contributed by atoms with E-state index in [1.54, 1.807) is 0 Å². The average molecular weight is 319 g/mol. The molecule has 0 radical (unpaired) electrons. The van der Waals surface area contributed by atoms with Crippen molar-refractivity contribution in [1.29, 1.82) is 0 Å². The van der Waals surface area contributed by atoms with E-state index in [-0.39, 0.29) is 0 Å². The zero-order valence-electron chi connectivity index (χ0n) is 13.8. The van der Waals surface area contributed by atoms with Crippen LogP contribution in [0.5, 0.6) is 0 Å². The molecule has 0 saturated carbocycles. The van der Waals surface area contributed by atoms with Gasteiger partial charge in [-0.1, -0.05) is 67.3 Å². The summed E-state index contributed by atoms with van der Waals surface area (Å²) in [4.78, 5) is 0. The lowest BCUT2D eigenvalue weighted by atomic mass is 10.1. The first-order valence-electron chi connectivity index (χ1n) is 8.50. The van der Waals surface area contributed by atoms with Crippen LogP contribution in [0.2, 0.25) is 0 Å². The predicted octanol–water partition coefficient (Wildman–Crippen LogP) is 6.58. The fourth-order valence-electron chi connectivity index (χ4n) is 3.72. The molecular formula is C24H17N. The second-order valence-electron chi connectivity index (χ2n) is 6.36. The SMILES string of the molecule is C=Cc1ccc2cc(-n3c4ccccc4c4ccccc43)ccc2c1. The highest BCUT2D eigenvalue weighted by Crippen LogP contribution is 2.32. The quantitative estimate of drug-likeness (QED) is 0.346. The largest absolute Gasteiger partial charge is 0.309 e. The molecule has 0 fully saturated rings. The predicted molar refractivity (Wildman–Crippen MR) is 108 cm³/mol. The molecule has 1 heterocycles. The first kappa shape index (κ1) is 14.1. The Kier molecular flexibility index (Phi) is 3.01. The number of aromatic nitrogens is 1. The van der Waals surface area contributed by atoms with Gasteiger partial charge in [-0.25, -0.2) is 0 Å². The summed E-state index contributed by atoms with van der Waals surface area (Å²) in [5.74, 6) is 0. The van der Waals surface area contributed by atoms with Crippen molar-refractivity contribution in [3.63, 3.8) is 0 Å². The van der Waals surface area contributed by atoms with Crippen molar-refractivity contribution in [3.8, 4) is 5.69 Å². The highest BCUT2D eigenvalue weighted by atomic mass is 15.0. The Labute approximate surface area is 146 Å². The number of rotatable bonds is 2. The number of hydrogen-bond donors (Lipinski definition) is 0. The lowest BCUT2D eigenvalue weighted by molar-refractivity contribution is 1.19. The van der Waals surface area contributed by atoms with Gasteiger partial charge in [-0.2, -0.15) is 0 Å². The van der Waals surface area contributed by atoms with E-state index < -0.39 is 0 Å². The molecule has 0 N–H and O–H groups in total. The molecule has 1 heteroatoms. The van der Waals surface area contributed by atoms with Crippen LogP contribution in [-0.2, 0) is 0 Å². The maximum Gasteiger partial charge on any atom is 0.0541 e. The van der Waals surface area contributed by atoms with Crippen molar-refractivity contribution in [2.24, 2.45) is 0 Å². The van der Waals surface area contributed by atoms with Crippen LogP contribution in [-0.4, -0.2) is 4.57 Å². The Hall–Kier alpha value is -3.32. The zero-order chi connectivity index (χ0) is 16.8. The maximum atomic E-state index is 3.86. The monoisotopic (exact) mass is 319 g/mol. The second-order valence-corrected chi connectivity index (χ2v) is 6.36. The molecule has 0 aliphatic carbocycles. The van der Waals surface area contributed by atoms with E-state index in [2.05, 4.69) is 96.1 Å². The van der Waals surface area contributed by atoms with E-state index in [1.807, 2.05) is 6.08 Å². The van der Waals surface area contributed by atoms with Crippen LogP contribution in [0, 0.1) is 0 Å². The number of fused-ring (bicyclic) bond motifs is 4. The maximum absolute atomic E-state index is 3.86. The minimum Gasteiger partial charge on any atom is -0.309 e. The van der Waals surface area contributed by atoms with Gasteiger partial charge in [-0.05, 0) is 46.7 Å². The van der Waals surface area contributed by atoms with E-state index in [4.69, 9.17) is 0 Å². The Morgan fingerprint density at radius 1 is 0.640 bits per heavy atom. The van der Waals surface area contributed by atoms with E-state index in [9.17, 15) is 0 Å². The van der Waals surface area contributed by atoms with Gasteiger partial charge in [0.25, 0.3) is 0 Å². The summed E-state index contributed by atoms with van der Waals surface area (Å²) in [5.41, 5.74) is 4.82. The molecule has 0 bridgehead atoms. The summed E-state index contributed by atoms with van der Waals surface area (Å²) >= 11 is 0. The van der Waals surface area contributed by atoms with Crippen LogP contribution in [0.4, 0.5) is 0 Å². The topological polar surface area (TPSA) is 4.93 Å². The van der Waals surface area contributed by atoms with Crippen molar-refractivity contribution in [3.05, 3.63) is 97.1 Å². The fourth-order valence-corrected chi connectivity index (χ4v) is 3.72. The lowest BCUT2D eigenvalue weighted by Crippen LogP contribution is -1.93.